The Morgan fingerprint density at radius 3 is 2.13 bits per heavy atom. The molecule has 23 heavy (non-hydrogen) atoms. The molecule has 2 heterocycles. The molecule has 0 saturated carbocycles. The van der Waals surface area contributed by atoms with Gasteiger partial charge < -0.3 is 9.84 Å². The molecule has 1 fully saturated rings. The van der Waals surface area contributed by atoms with Gasteiger partial charge in [0.15, 0.2) is 0 Å². The zero-order valence-corrected chi connectivity index (χ0v) is 13.1. The van der Waals surface area contributed by atoms with Crippen LogP contribution in [0.2, 0.25) is 0 Å². The van der Waals surface area contributed by atoms with Crippen molar-refractivity contribution in [3.63, 3.8) is 0 Å². The Bertz CT molecular complexity index is 711. The van der Waals surface area contributed by atoms with Gasteiger partial charge in [0.1, 0.15) is 0 Å². The lowest BCUT2D eigenvalue weighted by Gasteiger charge is -2.13. The fourth-order valence-corrected chi connectivity index (χ4v) is 2.37. The van der Waals surface area contributed by atoms with Crippen molar-refractivity contribution in [1.29, 1.82) is 0 Å². The standard InChI is InChI=1S/C15H23N3O5/c1-2-3-7-16-13(20)17(8-4-5-10-19)15(22)18(14(16)21)9-6-12-11-23-12/h2,12,19H,1,3-11H2. The van der Waals surface area contributed by atoms with E-state index in [4.69, 9.17) is 9.84 Å². The third-order valence-electron chi connectivity index (χ3n) is 3.81. The molecule has 8 heteroatoms. The van der Waals surface area contributed by atoms with Gasteiger partial charge >= 0.3 is 17.1 Å². The summed E-state index contributed by atoms with van der Waals surface area (Å²) in [6.07, 6.45) is 3.75. The molecule has 1 aliphatic heterocycles. The van der Waals surface area contributed by atoms with E-state index in [2.05, 4.69) is 6.58 Å². The molecule has 0 bridgehead atoms. The first-order valence-corrected chi connectivity index (χ1v) is 7.88. The van der Waals surface area contributed by atoms with Crippen molar-refractivity contribution in [2.75, 3.05) is 13.2 Å². The van der Waals surface area contributed by atoms with E-state index in [9.17, 15) is 14.4 Å². The van der Waals surface area contributed by atoms with Gasteiger partial charge in [-0.1, -0.05) is 6.08 Å². The van der Waals surface area contributed by atoms with E-state index in [1.54, 1.807) is 6.08 Å². The third-order valence-corrected chi connectivity index (χ3v) is 3.81. The molecule has 1 N–H and O–H groups in total. The molecule has 0 amide bonds. The van der Waals surface area contributed by atoms with E-state index in [0.717, 1.165) is 13.7 Å². The summed E-state index contributed by atoms with van der Waals surface area (Å²) in [6.45, 7) is 4.85. The van der Waals surface area contributed by atoms with E-state index in [0.29, 0.717) is 32.3 Å². The molecule has 0 aromatic carbocycles. The quantitative estimate of drug-likeness (QED) is 0.349. The number of aliphatic hydroxyl groups excluding tert-OH is 1. The summed E-state index contributed by atoms with van der Waals surface area (Å²) in [5.41, 5.74) is -1.77. The summed E-state index contributed by atoms with van der Waals surface area (Å²) in [5.74, 6) is 0. The molecule has 1 aromatic heterocycles. The minimum Gasteiger partial charge on any atom is -0.396 e. The predicted molar refractivity (Wildman–Crippen MR) is 84.7 cm³/mol. The van der Waals surface area contributed by atoms with Gasteiger partial charge in [-0.25, -0.2) is 28.1 Å². The molecule has 2 rings (SSSR count). The lowest BCUT2D eigenvalue weighted by Crippen LogP contribution is -2.54. The SMILES string of the molecule is C=CCCn1c(=O)n(CCCCO)c(=O)n(CCC2CO2)c1=O. The molecule has 1 atom stereocenters. The highest BCUT2D eigenvalue weighted by molar-refractivity contribution is 4.82. The molecular weight excluding hydrogens is 302 g/mol. The van der Waals surface area contributed by atoms with E-state index in [1.807, 2.05) is 0 Å². The van der Waals surface area contributed by atoms with Crippen molar-refractivity contribution in [2.24, 2.45) is 0 Å². The van der Waals surface area contributed by atoms with Gasteiger partial charge in [-0.05, 0) is 25.7 Å². The first kappa shape index (κ1) is 17.4. The van der Waals surface area contributed by atoms with Crippen LogP contribution in [0.3, 0.4) is 0 Å². The third kappa shape index (κ3) is 4.29. The average molecular weight is 325 g/mol. The van der Waals surface area contributed by atoms with Crippen LogP contribution in [0.4, 0.5) is 0 Å². The highest BCUT2D eigenvalue weighted by atomic mass is 16.6. The monoisotopic (exact) mass is 325 g/mol. The summed E-state index contributed by atoms with van der Waals surface area (Å²) in [5, 5.41) is 8.85. The van der Waals surface area contributed by atoms with E-state index < -0.39 is 17.1 Å². The number of aliphatic hydroxyl groups is 1. The summed E-state index contributed by atoms with van der Waals surface area (Å²) in [7, 11) is 0. The van der Waals surface area contributed by atoms with Crippen LogP contribution >= 0.6 is 0 Å². The molecule has 0 aliphatic carbocycles. The molecule has 1 aromatic rings. The molecule has 1 saturated heterocycles. The van der Waals surface area contributed by atoms with Crippen LogP contribution in [-0.2, 0) is 24.4 Å². The normalized spacial score (nSPS) is 16.5. The average Bonchev–Trinajstić information content (AvgIpc) is 3.35. The Labute approximate surface area is 133 Å². The number of ether oxygens (including phenoxy) is 1. The highest BCUT2D eigenvalue weighted by Gasteiger charge is 2.23. The lowest BCUT2D eigenvalue weighted by atomic mass is 10.3. The number of allylic oxidation sites excluding steroid dienone is 1. The highest BCUT2D eigenvalue weighted by Crippen LogP contribution is 2.13. The van der Waals surface area contributed by atoms with Gasteiger partial charge in [0.2, 0.25) is 0 Å². The fraction of sp³-hybridized carbons (Fsp3) is 0.667. The van der Waals surface area contributed by atoms with Crippen molar-refractivity contribution in [2.45, 2.75) is 51.4 Å². The van der Waals surface area contributed by atoms with E-state index in [-0.39, 0.29) is 32.3 Å². The second-order valence-electron chi connectivity index (χ2n) is 5.55. The Morgan fingerprint density at radius 2 is 1.61 bits per heavy atom. The minimum atomic E-state index is -0.598. The van der Waals surface area contributed by atoms with Gasteiger partial charge in [-0.2, -0.15) is 0 Å². The van der Waals surface area contributed by atoms with Crippen molar-refractivity contribution >= 4 is 0 Å². The Balaban J connectivity index is 2.39. The van der Waals surface area contributed by atoms with Crippen LogP contribution in [0.15, 0.2) is 27.0 Å². The molecular formula is C15H23N3O5. The number of epoxide rings is 1. The number of hydrogen-bond donors (Lipinski definition) is 1. The van der Waals surface area contributed by atoms with Gasteiger partial charge in [-0.15, -0.1) is 6.58 Å². The van der Waals surface area contributed by atoms with Gasteiger partial charge in [0.25, 0.3) is 0 Å². The number of aromatic nitrogens is 3. The second kappa shape index (κ2) is 8.07. The van der Waals surface area contributed by atoms with Gasteiger partial charge in [0, 0.05) is 26.2 Å². The van der Waals surface area contributed by atoms with Crippen molar-refractivity contribution in [3.8, 4) is 0 Å². The summed E-state index contributed by atoms with van der Waals surface area (Å²) < 4.78 is 8.36. The van der Waals surface area contributed by atoms with Gasteiger partial charge in [-0.3, -0.25) is 0 Å². The predicted octanol–water partition coefficient (Wildman–Crippen LogP) is -0.691. The maximum Gasteiger partial charge on any atom is 0.336 e. The fourth-order valence-electron chi connectivity index (χ4n) is 2.37. The van der Waals surface area contributed by atoms with Crippen molar-refractivity contribution in [3.05, 3.63) is 44.1 Å². The topological polar surface area (TPSA) is 98.8 Å². The number of nitrogens with zero attached hydrogens (tertiary/aromatic N) is 3. The largest absolute Gasteiger partial charge is 0.396 e. The zero-order chi connectivity index (χ0) is 16.8. The summed E-state index contributed by atoms with van der Waals surface area (Å²) in [6, 6.07) is 0. The van der Waals surface area contributed by atoms with Crippen LogP contribution in [0.25, 0.3) is 0 Å². The van der Waals surface area contributed by atoms with E-state index >= 15 is 0 Å². The van der Waals surface area contributed by atoms with Crippen molar-refractivity contribution in [1.82, 2.24) is 13.7 Å². The maximum absolute atomic E-state index is 12.5. The molecule has 0 spiro atoms. The summed E-state index contributed by atoms with van der Waals surface area (Å²) >= 11 is 0. The van der Waals surface area contributed by atoms with Gasteiger partial charge in [0.05, 0.1) is 12.7 Å². The van der Waals surface area contributed by atoms with E-state index in [1.165, 1.54) is 0 Å². The number of hydrogen-bond acceptors (Lipinski definition) is 5. The number of unbranched alkanes of at least 4 members (excludes halogenated alkanes) is 1. The Morgan fingerprint density at radius 1 is 1.04 bits per heavy atom. The smallest absolute Gasteiger partial charge is 0.336 e. The molecule has 1 unspecified atom stereocenters. The van der Waals surface area contributed by atoms with Crippen LogP contribution in [0.1, 0.15) is 25.7 Å². The molecule has 1 aliphatic rings. The molecule has 0 radical (unpaired) electrons. The first-order valence-electron chi connectivity index (χ1n) is 7.88. The molecule has 8 nitrogen and oxygen atoms in total. The van der Waals surface area contributed by atoms with Crippen LogP contribution in [-0.4, -0.2) is 38.1 Å². The lowest BCUT2D eigenvalue weighted by molar-refractivity contribution is 0.279. The Hall–Kier alpha value is -1.93. The molecule has 128 valence electrons. The first-order chi connectivity index (χ1) is 11.1. The zero-order valence-electron chi connectivity index (χ0n) is 13.1. The van der Waals surface area contributed by atoms with Crippen LogP contribution in [0, 0.1) is 0 Å². The minimum absolute atomic E-state index is 0.00192. The summed E-state index contributed by atoms with van der Waals surface area (Å²) in [4.78, 5) is 37.3. The maximum atomic E-state index is 12.5. The van der Waals surface area contributed by atoms with Crippen molar-refractivity contribution < 1.29 is 9.84 Å². The number of rotatable bonds is 10. The van der Waals surface area contributed by atoms with Crippen LogP contribution < -0.4 is 17.1 Å². The van der Waals surface area contributed by atoms with Crippen LogP contribution in [0.5, 0.6) is 0 Å². The second-order valence-corrected chi connectivity index (χ2v) is 5.55. The Kier molecular flexibility index (Phi) is 6.12.